The van der Waals surface area contributed by atoms with E-state index < -0.39 is 5.56 Å². The maximum atomic E-state index is 12.4. The largest absolute Gasteiger partial charge is 0.457 e. The van der Waals surface area contributed by atoms with E-state index in [4.69, 9.17) is 21.4 Å². The molecule has 136 valence electrons. The molecule has 2 aliphatic rings. The number of aromatic amines is 1. The van der Waals surface area contributed by atoms with E-state index in [1.54, 1.807) is 18.2 Å². The molecule has 0 saturated heterocycles. The molecule has 0 atom stereocenters. The quantitative estimate of drug-likeness (QED) is 0.543. The van der Waals surface area contributed by atoms with Gasteiger partial charge in [-0.1, -0.05) is 35.1 Å². The molecular formula is C19H15ClN4O2S. The topological polar surface area (TPSA) is 87.7 Å². The van der Waals surface area contributed by atoms with Crippen LogP contribution in [-0.4, -0.2) is 14.8 Å². The lowest BCUT2D eigenvalue weighted by molar-refractivity contribution is 0.571. The third-order valence-corrected chi connectivity index (χ3v) is 5.50. The molecule has 0 saturated carbocycles. The van der Waals surface area contributed by atoms with E-state index in [0.29, 0.717) is 21.7 Å². The fourth-order valence-corrected chi connectivity index (χ4v) is 3.73. The van der Waals surface area contributed by atoms with E-state index in [1.165, 1.54) is 22.1 Å². The van der Waals surface area contributed by atoms with Crippen molar-refractivity contribution in [1.29, 1.82) is 5.41 Å². The van der Waals surface area contributed by atoms with Crippen LogP contribution in [0.5, 0.6) is 0 Å². The van der Waals surface area contributed by atoms with E-state index in [-0.39, 0.29) is 10.7 Å². The Hall–Kier alpha value is -2.90. The molecule has 3 heterocycles. The highest BCUT2D eigenvalue weighted by Crippen LogP contribution is 2.29. The highest BCUT2D eigenvalue weighted by Gasteiger charge is 2.12. The number of halogens is 1. The van der Waals surface area contributed by atoms with Gasteiger partial charge >= 0.3 is 0 Å². The van der Waals surface area contributed by atoms with Crippen LogP contribution in [0.4, 0.5) is 0 Å². The van der Waals surface area contributed by atoms with Gasteiger partial charge in [0.2, 0.25) is 5.13 Å². The zero-order chi connectivity index (χ0) is 19.1. The number of H-pyrrole nitrogens is 1. The minimum Gasteiger partial charge on any atom is -0.457 e. The van der Waals surface area contributed by atoms with E-state index in [1.807, 2.05) is 32.0 Å². The normalized spacial score (nSPS) is 12.0. The summed E-state index contributed by atoms with van der Waals surface area (Å²) in [5, 5.41) is 12.7. The van der Waals surface area contributed by atoms with Crippen molar-refractivity contribution < 1.29 is 4.42 Å². The summed E-state index contributed by atoms with van der Waals surface area (Å²) in [6.45, 7) is 3.91. The van der Waals surface area contributed by atoms with Gasteiger partial charge in [0.1, 0.15) is 16.2 Å². The summed E-state index contributed by atoms with van der Waals surface area (Å²) < 4.78 is 8.17. The summed E-state index contributed by atoms with van der Waals surface area (Å²) in [6.07, 6.45) is 1.53. The molecule has 2 N–H and O–H groups in total. The maximum Gasteiger partial charge on any atom is 0.283 e. The molecule has 4 rings (SSSR count). The van der Waals surface area contributed by atoms with Crippen LogP contribution in [0.15, 0.2) is 45.6 Å². The minimum atomic E-state index is -0.466. The maximum absolute atomic E-state index is 12.4. The summed E-state index contributed by atoms with van der Waals surface area (Å²) >= 11 is 7.54. The Bertz CT molecular complexity index is 1360. The van der Waals surface area contributed by atoms with Crippen molar-refractivity contribution in [1.82, 2.24) is 14.8 Å². The van der Waals surface area contributed by atoms with Gasteiger partial charge in [-0.05, 0) is 49.8 Å². The number of benzene rings is 1. The molecule has 6 nitrogen and oxygen atoms in total. The zero-order valence-corrected chi connectivity index (χ0v) is 16.1. The highest BCUT2D eigenvalue weighted by atomic mass is 35.5. The molecule has 2 aliphatic heterocycles. The number of hydrogen-bond acceptors (Lipinski definition) is 5. The third kappa shape index (κ3) is 3.15. The number of fused-ring (bicyclic) bond motifs is 1. The monoisotopic (exact) mass is 398 g/mol. The van der Waals surface area contributed by atoms with Crippen molar-refractivity contribution in [2.75, 3.05) is 0 Å². The highest BCUT2D eigenvalue weighted by molar-refractivity contribution is 7.11. The van der Waals surface area contributed by atoms with Crippen molar-refractivity contribution in [2.24, 2.45) is 0 Å². The van der Waals surface area contributed by atoms with Crippen LogP contribution < -0.4 is 20.9 Å². The number of hydrogen-bond donors (Lipinski definition) is 2. The van der Waals surface area contributed by atoms with Gasteiger partial charge in [0.05, 0.1) is 10.2 Å². The summed E-state index contributed by atoms with van der Waals surface area (Å²) in [4.78, 5) is 16.5. The number of rotatable bonds is 2. The predicted octanol–water partition coefficient (Wildman–Crippen LogP) is 2.47. The second-order valence-corrected chi connectivity index (χ2v) is 7.55. The Balaban J connectivity index is 1.89. The van der Waals surface area contributed by atoms with Crippen LogP contribution in [0, 0.1) is 5.41 Å². The van der Waals surface area contributed by atoms with Gasteiger partial charge in [0.25, 0.3) is 5.56 Å². The Morgan fingerprint density at radius 1 is 1.30 bits per heavy atom. The molecule has 0 unspecified atom stereocenters. The molecule has 0 bridgehead atoms. The summed E-state index contributed by atoms with van der Waals surface area (Å²) in [5.41, 5.74) is 1.38. The molecule has 0 amide bonds. The van der Waals surface area contributed by atoms with Crippen molar-refractivity contribution in [3.8, 4) is 16.5 Å². The van der Waals surface area contributed by atoms with E-state index in [2.05, 4.69) is 10.1 Å². The first-order valence-electron chi connectivity index (χ1n) is 8.14. The van der Waals surface area contributed by atoms with E-state index in [9.17, 15) is 4.79 Å². The smallest absolute Gasteiger partial charge is 0.283 e. The Morgan fingerprint density at radius 2 is 2.07 bits per heavy atom. The van der Waals surface area contributed by atoms with Gasteiger partial charge in [-0.15, -0.1) is 0 Å². The van der Waals surface area contributed by atoms with Crippen LogP contribution >= 0.6 is 22.9 Å². The summed E-state index contributed by atoms with van der Waals surface area (Å²) in [7, 11) is 0. The first-order chi connectivity index (χ1) is 12.9. The third-order valence-electron chi connectivity index (χ3n) is 4.01. The van der Waals surface area contributed by atoms with Gasteiger partial charge in [-0.2, -0.15) is 4.98 Å². The molecule has 0 fully saturated rings. The number of nitrogens with zero attached hydrogens (tertiary/aromatic N) is 2. The van der Waals surface area contributed by atoms with Crippen LogP contribution in [0.3, 0.4) is 0 Å². The van der Waals surface area contributed by atoms with Gasteiger partial charge < -0.3 is 4.42 Å². The van der Waals surface area contributed by atoms with Crippen LogP contribution in [0.25, 0.3) is 28.1 Å². The lowest BCUT2D eigenvalue weighted by Gasteiger charge is -2.00. The minimum absolute atomic E-state index is 0.0319. The first kappa shape index (κ1) is 17.5. The van der Waals surface area contributed by atoms with Gasteiger partial charge in [-0.25, -0.2) is 4.68 Å². The standard InChI is InChI=1S/C19H15ClN4O2S/c1-10(2)18-23-24-16(21)13(17(25)22-19(24)27-18)9-11-7-8-15(26-11)12-5-3-4-6-14(12)20/h3-9,21,23H,1-2H3. The average molecular weight is 399 g/mol. The lowest BCUT2D eigenvalue weighted by atomic mass is 10.2. The number of furan rings is 1. The van der Waals surface area contributed by atoms with E-state index >= 15 is 0 Å². The predicted molar refractivity (Wildman–Crippen MR) is 106 cm³/mol. The van der Waals surface area contributed by atoms with Crippen molar-refractivity contribution in [3.05, 3.63) is 72.9 Å². The van der Waals surface area contributed by atoms with Crippen LogP contribution in [-0.2, 0) is 0 Å². The molecule has 0 spiro atoms. The molecule has 27 heavy (non-hydrogen) atoms. The molecular weight excluding hydrogens is 384 g/mol. The molecule has 0 radical (unpaired) electrons. The molecule has 2 aromatic rings. The summed E-state index contributed by atoms with van der Waals surface area (Å²) in [5.74, 6) is 1.04. The van der Waals surface area contributed by atoms with Crippen molar-refractivity contribution in [2.45, 2.75) is 13.8 Å². The average Bonchev–Trinajstić information content (AvgIpc) is 3.26. The van der Waals surface area contributed by atoms with Crippen LogP contribution in [0.1, 0.15) is 19.6 Å². The number of nitrogens with one attached hydrogen (secondary N) is 2. The molecule has 8 heteroatoms. The van der Waals surface area contributed by atoms with Gasteiger partial charge in [-0.3, -0.25) is 15.3 Å². The Labute approximate surface area is 162 Å². The number of aromatic nitrogens is 3. The Kier molecular flexibility index (Phi) is 4.33. The van der Waals surface area contributed by atoms with E-state index in [0.717, 1.165) is 15.8 Å². The van der Waals surface area contributed by atoms with Crippen molar-refractivity contribution >= 4 is 34.6 Å². The molecule has 1 aromatic heterocycles. The second-order valence-electron chi connectivity index (χ2n) is 6.17. The first-order valence-corrected chi connectivity index (χ1v) is 9.34. The fourth-order valence-electron chi connectivity index (χ4n) is 2.62. The SMILES string of the molecule is CC(C)=c1[nH]n2c(=N)c(=Cc3ccc(-c4ccccc4Cl)o3)c(=O)nc-2s1. The second kappa shape index (κ2) is 6.68. The molecule has 1 aromatic carbocycles. The lowest BCUT2D eigenvalue weighted by Crippen LogP contribution is -2.47. The fraction of sp³-hybridized carbons (Fsp3) is 0.105. The Morgan fingerprint density at radius 3 is 2.81 bits per heavy atom. The molecule has 0 aliphatic carbocycles. The van der Waals surface area contributed by atoms with Gasteiger partial charge in [0, 0.05) is 5.56 Å². The van der Waals surface area contributed by atoms with Crippen molar-refractivity contribution in [3.63, 3.8) is 0 Å². The zero-order valence-electron chi connectivity index (χ0n) is 14.5. The van der Waals surface area contributed by atoms with Crippen LogP contribution in [0.2, 0.25) is 5.02 Å². The summed E-state index contributed by atoms with van der Waals surface area (Å²) in [6, 6.07) is 10.9. The van der Waals surface area contributed by atoms with Gasteiger partial charge in [0.15, 0.2) is 5.49 Å².